The Balaban J connectivity index is 1.75. The van der Waals surface area contributed by atoms with Crippen molar-refractivity contribution in [2.24, 2.45) is 11.5 Å². The first-order valence-electron chi connectivity index (χ1n) is 12.4. The Hall–Kier alpha value is -3.44. The number of nitrogens with one attached hydrogen (secondary N) is 3. The third-order valence-electron chi connectivity index (χ3n) is 6.59. The summed E-state index contributed by atoms with van der Waals surface area (Å²) < 4.78 is 0. The van der Waals surface area contributed by atoms with Crippen LogP contribution in [-0.4, -0.2) is 75.9 Å². The highest BCUT2D eigenvalue weighted by atomic mass is 16.4. The van der Waals surface area contributed by atoms with Crippen LogP contribution in [-0.2, 0) is 25.6 Å². The maximum absolute atomic E-state index is 13.3. The van der Waals surface area contributed by atoms with Gasteiger partial charge in [-0.3, -0.25) is 19.2 Å². The number of hydrogen-bond donors (Lipinski definition) is 6. The van der Waals surface area contributed by atoms with Crippen LogP contribution in [0.25, 0.3) is 10.9 Å². The molecule has 0 saturated carbocycles. The number of carbonyl (C=O) groups is 4. The van der Waals surface area contributed by atoms with E-state index >= 15 is 0 Å². The van der Waals surface area contributed by atoms with E-state index in [4.69, 9.17) is 11.5 Å². The highest BCUT2D eigenvalue weighted by molar-refractivity contribution is 5.95. The number of nitrogens with zero attached hydrogens (tertiary/aromatic N) is 1. The number of likely N-dealkylation sites (tertiary alicyclic amines) is 1. The van der Waals surface area contributed by atoms with Gasteiger partial charge in [0.05, 0.1) is 6.04 Å². The van der Waals surface area contributed by atoms with Gasteiger partial charge in [0, 0.05) is 30.1 Å². The van der Waals surface area contributed by atoms with Gasteiger partial charge in [0.2, 0.25) is 17.7 Å². The number of rotatable bonds is 12. The average Bonchev–Trinajstić information content (AvgIpc) is 3.50. The predicted octanol–water partition coefficient (Wildman–Crippen LogP) is 0.232. The van der Waals surface area contributed by atoms with Crippen LogP contribution in [0.3, 0.4) is 0 Å². The zero-order valence-corrected chi connectivity index (χ0v) is 20.5. The molecule has 2 heterocycles. The number of para-hydroxylation sites is 1. The molecule has 11 nitrogen and oxygen atoms in total. The quantitative estimate of drug-likeness (QED) is 0.225. The maximum atomic E-state index is 13.3. The van der Waals surface area contributed by atoms with Crippen LogP contribution >= 0.6 is 0 Å². The maximum Gasteiger partial charge on any atom is 0.325 e. The Labute approximate surface area is 210 Å². The summed E-state index contributed by atoms with van der Waals surface area (Å²) in [5, 5.41) is 15.3. The molecule has 1 aromatic carbocycles. The van der Waals surface area contributed by atoms with Crippen LogP contribution in [0.15, 0.2) is 30.5 Å². The molecule has 1 fully saturated rings. The van der Waals surface area contributed by atoms with Crippen LogP contribution in [0.1, 0.15) is 44.6 Å². The molecule has 3 amide bonds. The minimum absolute atomic E-state index is 0.146. The summed E-state index contributed by atoms with van der Waals surface area (Å²) in [5.41, 5.74) is 13.3. The molecule has 0 aliphatic carbocycles. The zero-order valence-electron chi connectivity index (χ0n) is 20.5. The number of carboxylic acid groups (broad SMARTS) is 1. The van der Waals surface area contributed by atoms with E-state index in [-0.39, 0.29) is 12.3 Å². The molecule has 3 rings (SSSR count). The van der Waals surface area contributed by atoms with Gasteiger partial charge in [-0.2, -0.15) is 0 Å². The lowest BCUT2D eigenvalue weighted by Gasteiger charge is -2.28. The van der Waals surface area contributed by atoms with E-state index in [1.807, 2.05) is 24.3 Å². The van der Waals surface area contributed by atoms with Crippen LogP contribution in [0, 0.1) is 0 Å². The SMILES string of the molecule is CC(NC(=O)C(Cc1c[nH]c2ccccc12)NC(=O)C1CCCN1C(=O)C(N)CCCCN)C(=O)O. The summed E-state index contributed by atoms with van der Waals surface area (Å²) in [5.74, 6) is -2.55. The zero-order chi connectivity index (χ0) is 26.2. The molecule has 8 N–H and O–H groups in total. The first-order valence-corrected chi connectivity index (χ1v) is 12.4. The lowest BCUT2D eigenvalue weighted by Crippen LogP contribution is -2.56. The molecule has 1 aromatic heterocycles. The lowest BCUT2D eigenvalue weighted by molar-refractivity contribution is -0.142. The summed E-state index contributed by atoms with van der Waals surface area (Å²) in [6, 6.07) is 3.94. The van der Waals surface area contributed by atoms with Crippen molar-refractivity contribution in [1.29, 1.82) is 0 Å². The summed E-state index contributed by atoms with van der Waals surface area (Å²) in [4.78, 5) is 55.2. The summed E-state index contributed by atoms with van der Waals surface area (Å²) in [6.07, 6.45) is 5.00. The first-order chi connectivity index (χ1) is 17.2. The lowest BCUT2D eigenvalue weighted by atomic mass is 10.0. The molecular weight excluding hydrogens is 464 g/mol. The number of unbranched alkanes of at least 4 members (excludes halogenated alkanes) is 1. The molecule has 196 valence electrons. The molecule has 4 atom stereocenters. The third kappa shape index (κ3) is 6.61. The number of carbonyl (C=O) groups excluding carboxylic acids is 3. The van der Waals surface area contributed by atoms with Crippen LogP contribution < -0.4 is 22.1 Å². The number of nitrogens with two attached hydrogens (primary N) is 2. The summed E-state index contributed by atoms with van der Waals surface area (Å²) in [7, 11) is 0. The number of aromatic amines is 1. The number of fused-ring (bicyclic) bond motifs is 1. The van der Waals surface area contributed by atoms with E-state index in [1.54, 1.807) is 6.20 Å². The topological polar surface area (TPSA) is 184 Å². The molecular formula is C25H36N6O5. The normalized spacial score (nSPS) is 18.0. The number of aliphatic carboxylic acids is 1. The fraction of sp³-hybridized carbons (Fsp3) is 0.520. The van der Waals surface area contributed by atoms with Crippen molar-refractivity contribution >= 4 is 34.6 Å². The number of aromatic nitrogens is 1. The Morgan fingerprint density at radius 2 is 1.94 bits per heavy atom. The van der Waals surface area contributed by atoms with Gasteiger partial charge in [0.15, 0.2) is 0 Å². The van der Waals surface area contributed by atoms with Crippen LogP contribution in [0.2, 0.25) is 0 Å². The van der Waals surface area contributed by atoms with Crippen LogP contribution in [0.5, 0.6) is 0 Å². The molecule has 2 aromatic rings. The van der Waals surface area contributed by atoms with E-state index < -0.39 is 42.0 Å². The van der Waals surface area contributed by atoms with Crippen molar-refractivity contribution in [3.63, 3.8) is 0 Å². The molecule has 1 aliphatic rings. The minimum atomic E-state index is -1.18. The van der Waals surface area contributed by atoms with Gasteiger partial charge in [-0.15, -0.1) is 0 Å². The van der Waals surface area contributed by atoms with Gasteiger partial charge in [-0.25, -0.2) is 0 Å². The van der Waals surface area contributed by atoms with Crippen molar-refractivity contribution in [1.82, 2.24) is 20.5 Å². The van der Waals surface area contributed by atoms with E-state index in [9.17, 15) is 24.3 Å². The second kappa shape index (κ2) is 12.5. The van der Waals surface area contributed by atoms with Gasteiger partial charge in [-0.05, 0) is 50.8 Å². The largest absolute Gasteiger partial charge is 0.480 e. The van der Waals surface area contributed by atoms with E-state index in [0.717, 1.165) is 29.3 Å². The Morgan fingerprint density at radius 1 is 1.19 bits per heavy atom. The highest BCUT2D eigenvalue weighted by Crippen LogP contribution is 2.22. The van der Waals surface area contributed by atoms with Crippen molar-refractivity contribution in [2.75, 3.05) is 13.1 Å². The highest BCUT2D eigenvalue weighted by Gasteiger charge is 2.37. The summed E-state index contributed by atoms with van der Waals surface area (Å²) in [6.45, 7) is 2.29. The Morgan fingerprint density at radius 3 is 2.67 bits per heavy atom. The minimum Gasteiger partial charge on any atom is -0.480 e. The molecule has 0 spiro atoms. The molecule has 1 aliphatic heterocycles. The Bertz CT molecular complexity index is 1090. The number of H-pyrrole nitrogens is 1. The number of benzene rings is 1. The van der Waals surface area contributed by atoms with E-state index in [2.05, 4.69) is 15.6 Å². The second-order valence-electron chi connectivity index (χ2n) is 9.27. The van der Waals surface area contributed by atoms with Crippen molar-refractivity contribution < 1.29 is 24.3 Å². The van der Waals surface area contributed by atoms with Gasteiger partial charge >= 0.3 is 5.97 Å². The van der Waals surface area contributed by atoms with Gasteiger partial charge in [-0.1, -0.05) is 24.6 Å². The fourth-order valence-corrected chi connectivity index (χ4v) is 4.52. The second-order valence-corrected chi connectivity index (χ2v) is 9.27. The van der Waals surface area contributed by atoms with Gasteiger partial charge in [0.1, 0.15) is 18.1 Å². The van der Waals surface area contributed by atoms with Gasteiger partial charge in [0.25, 0.3) is 0 Å². The molecule has 4 unspecified atom stereocenters. The number of carboxylic acids is 1. The predicted molar refractivity (Wildman–Crippen MR) is 135 cm³/mol. The molecule has 0 radical (unpaired) electrons. The summed E-state index contributed by atoms with van der Waals surface area (Å²) >= 11 is 0. The smallest absolute Gasteiger partial charge is 0.325 e. The standard InChI is InChI=1S/C25H36N6O5/c1-15(25(35)36)29-22(32)20(13-16-14-28-19-9-3-2-7-17(16)19)30-23(33)21-10-6-12-31(21)24(34)18(27)8-4-5-11-26/h2-3,7,9,14-15,18,20-21,28H,4-6,8,10-13,26-27H2,1H3,(H,29,32)(H,30,33)(H,35,36). The molecule has 11 heteroatoms. The van der Waals surface area contributed by atoms with Gasteiger partial charge < -0.3 is 37.1 Å². The fourth-order valence-electron chi connectivity index (χ4n) is 4.52. The van der Waals surface area contributed by atoms with E-state index in [0.29, 0.717) is 32.4 Å². The molecule has 1 saturated heterocycles. The first kappa shape index (κ1) is 27.2. The number of hydrogen-bond acceptors (Lipinski definition) is 6. The number of amides is 3. The third-order valence-corrected chi connectivity index (χ3v) is 6.59. The molecule has 36 heavy (non-hydrogen) atoms. The Kier molecular flexibility index (Phi) is 9.43. The molecule has 0 bridgehead atoms. The average molecular weight is 501 g/mol. The van der Waals surface area contributed by atoms with Crippen LogP contribution in [0.4, 0.5) is 0 Å². The monoisotopic (exact) mass is 500 g/mol. The van der Waals surface area contributed by atoms with Crippen molar-refractivity contribution in [2.45, 2.75) is 69.6 Å². The van der Waals surface area contributed by atoms with E-state index in [1.165, 1.54) is 11.8 Å². The van der Waals surface area contributed by atoms with Crippen molar-refractivity contribution in [3.05, 3.63) is 36.0 Å². The van der Waals surface area contributed by atoms with Crippen molar-refractivity contribution in [3.8, 4) is 0 Å².